The lowest BCUT2D eigenvalue weighted by Crippen LogP contribution is -2.33. The molecule has 1 unspecified atom stereocenters. The maximum absolute atomic E-state index is 13.4. The fourth-order valence-corrected chi connectivity index (χ4v) is 1.93. The summed E-state index contributed by atoms with van der Waals surface area (Å²) in [5.74, 6) is -0.657. The molecule has 102 valence electrons. The molecule has 4 nitrogen and oxygen atoms in total. The summed E-state index contributed by atoms with van der Waals surface area (Å²) in [6.45, 7) is 2.12. The van der Waals surface area contributed by atoms with Gasteiger partial charge in [0.05, 0.1) is 19.0 Å². The first-order valence-electron chi connectivity index (χ1n) is 6.06. The van der Waals surface area contributed by atoms with Gasteiger partial charge in [0.2, 0.25) is 0 Å². The zero-order chi connectivity index (χ0) is 13.8. The van der Waals surface area contributed by atoms with Gasteiger partial charge in [0, 0.05) is 6.04 Å². The largest absolute Gasteiger partial charge is 0.468 e. The lowest BCUT2D eigenvalue weighted by Gasteiger charge is -2.12. The van der Waals surface area contributed by atoms with Crippen molar-refractivity contribution >= 4 is 16.9 Å². The van der Waals surface area contributed by atoms with E-state index in [1.807, 2.05) is 13.0 Å². The van der Waals surface area contributed by atoms with Crippen LogP contribution in [0.2, 0.25) is 0 Å². The minimum atomic E-state index is -0.355. The fourth-order valence-electron chi connectivity index (χ4n) is 1.93. The predicted octanol–water partition coefficient (Wildman–Crippen LogP) is 2.27. The Bertz CT molecular complexity index is 579. The van der Waals surface area contributed by atoms with Gasteiger partial charge in [0.25, 0.3) is 0 Å². The van der Waals surface area contributed by atoms with Gasteiger partial charge in [-0.2, -0.15) is 0 Å². The maximum atomic E-state index is 13.4. The normalized spacial score (nSPS) is 12.6. The number of furan rings is 1. The quantitative estimate of drug-likeness (QED) is 0.843. The summed E-state index contributed by atoms with van der Waals surface area (Å²) in [5, 5.41) is 3.53. The zero-order valence-corrected chi connectivity index (χ0v) is 10.9. The van der Waals surface area contributed by atoms with Gasteiger partial charge in [0.1, 0.15) is 11.8 Å². The molecule has 0 spiro atoms. The van der Waals surface area contributed by atoms with Crippen molar-refractivity contribution in [2.45, 2.75) is 19.4 Å². The second-order valence-corrected chi connectivity index (χ2v) is 4.48. The van der Waals surface area contributed by atoms with Gasteiger partial charge in [-0.15, -0.1) is 0 Å². The summed E-state index contributed by atoms with van der Waals surface area (Å²) in [7, 11) is 1.35. The first kappa shape index (κ1) is 13.5. The van der Waals surface area contributed by atoms with Crippen molar-refractivity contribution in [1.29, 1.82) is 0 Å². The number of rotatable bonds is 5. The molecule has 0 aliphatic rings. The van der Waals surface area contributed by atoms with E-state index < -0.39 is 0 Å². The molecule has 2 rings (SSSR count). The van der Waals surface area contributed by atoms with Gasteiger partial charge in [-0.05, 0) is 31.0 Å². The summed E-state index contributed by atoms with van der Waals surface area (Å²) in [6.07, 6.45) is 1.80. The lowest BCUT2D eigenvalue weighted by molar-refractivity contribution is -0.139. The third-order valence-corrected chi connectivity index (χ3v) is 2.96. The van der Waals surface area contributed by atoms with Gasteiger partial charge in [0.15, 0.2) is 5.82 Å². The summed E-state index contributed by atoms with van der Waals surface area (Å²) in [5.41, 5.74) is 1.52. The van der Waals surface area contributed by atoms with E-state index in [2.05, 4.69) is 10.1 Å². The third-order valence-electron chi connectivity index (χ3n) is 2.96. The Morgan fingerprint density at radius 1 is 1.53 bits per heavy atom. The highest BCUT2D eigenvalue weighted by Gasteiger charge is 2.09. The fraction of sp³-hybridized carbons (Fsp3) is 0.357. The van der Waals surface area contributed by atoms with Crippen molar-refractivity contribution in [2.75, 3.05) is 13.7 Å². The monoisotopic (exact) mass is 265 g/mol. The van der Waals surface area contributed by atoms with E-state index in [9.17, 15) is 9.18 Å². The van der Waals surface area contributed by atoms with Crippen LogP contribution in [0, 0.1) is 5.82 Å². The van der Waals surface area contributed by atoms with Crippen molar-refractivity contribution < 1.29 is 18.3 Å². The minimum Gasteiger partial charge on any atom is -0.468 e. The lowest BCUT2D eigenvalue weighted by atomic mass is 10.1. The van der Waals surface area contributed by atoms with E-state index in [-0.39, 0.29) is 24.4 Å². The standard InChI is InChI=1S/C14H16FNO3/c1-9(16-7-14(17)18-2)5-10-3-4-13-11(6-10)12(15)8-19-13/h3-4,6,8-9,16H,5,7H2,1-2H3. The van der Waals surface area contributed by atoms with Crippen LogP contribution in [0.3, 0.4) is 0 Å². The molecule has 1 heterocycles. The molecular weight excluding hydrogens is 249 g/mol. The Morgan fingerprint density at radius 3 is 3.05 bits per heavy atom. The van der Waals surface area contributed by atoms with Crippen LogP contribution in [0.25, 0.3) is 11.0 Å². The van der Waals surface area contributed by atoms with Crippen molar-refractivity contribution in [3.8, 4) is 0 Å². The number of benzene rings is 1. The van der Waals surface area contributed by atoms with Crippen molar-refractivity contribution in [2.24, 2.45) is 0 Å². The number of esters is 1. The molecule has 1 N–H and O–H groups in total. The number of nitrogens with one attached hydrogen (secondary N) is 1. The Balaban J connectivity index is 2.00. The molecule has 19 heavy (non-hydrogen) atoms. The molecule has 1 aromatic heterocycles. The predicted molar refractivity (Wildman–Crippen MR) is 69.4 cm³/mol. The summed E-state index contributed by atoms with van der Waals surface area (Å²) < 4.78 is 23.0. The highest BCUT2D eigenvalue weighted by Crippen LogP contribution is 2.21. The zero-order valence-electron chi connectivity index (χ0n) is 10.9. The number of halogens is 1. The van der Waals surface area contributed by atoms with Crippen molar-refractivity contribution in [3.05, 3.63) is 35.8 Å². The molecule has 0 saturated carbocycles. The molecule has 5 heteroatoms. The molecule has 0 aliphatic heterocycles. The smallest absolute Gasteiger partial charge is 0.319 e. The Labute approximate surface area is 110 Å². The van der Waals surface area contributed by atoms with Crippen LogP contribution in [0.15, 0.2) is 28.9 Å². The molecule has 0 aliphatic carbocycles. The van der Waals surface area contributed by atoms with Gasteiger partial charge >= 0.3 is 5.97 Å². The highest BCUT2D eigenvalue weighted by atomic mass is 19.1. The molecule has 0 fully saturated rings. The number of carbonyl (C=O) groups is 1. The summed E-state index contributed by atoms with van der Waals surface area (Å²) in [4.78, 5) is 11.0. The van der Waals surface area contributed by atoms with E-state index in [0.29, 0.717) is 17.4 Å². The summed E-state index contributed by atoms with van der Waals surface area (Å²) in [6, 6.07) is 5.50. The number of fused-ring (bicyclic) bond motifs is 1. The van der Waals surface area contributed by atoms with Gasteiger partial charge < -0.3 is 14.5 Å². The van der Waals surface area contributed by atoms with Crippen LogP contribution in [-0.2, 0) is 16.0 Å². The molecule has 0 saturated heterocycles. The molecular formula is C14H16FNO3. The SMILES string of the molecule is COC(=O)CNC(C)Cc1ccc2occ(F)c2c1. The molecule has 1 aromatic carbocycles. The van der Waals surface area contributed by atoms with Gasteiger partial charge in [-0.3, -0.25) is 4.79 Å². The molecule has 1 atom stereocenters. The van der Waals surface area contributed by atoms with E-state index in [4.69, 9.17) is 4.42 Å². The topological polar surface area (TPSA) is 51.5 Å². The Kier molecular flexibility index (Phi) is 4.16. The molecule has 0 amide bonds. The second kappa shape index (κ2) is 5.84. The van der Waals surface area contributed by atoms with Crippen LogP contribution in [0.1, 0.15) is 12.5 Å². The second-order valence-electron chi connectivity index (χ2n) is 4.48. The number of ether oxygens (including phenoxy) is 1. The van der Waals surface area contributed by atoms with Crippen LogP contribution in [0.5, 0.6) is 0 Å². The van der Waals surface area contributed by atoms with Gasteiger partial charge in [-0.25, -0.2) is 4.39 Å². The van der Waals surface area contributed by atoms with Crippen LogP contribution >= 0.6 is 0 Å². The number of methoxy groups -OCH3 is 1. The molecule has 0 radical (unpaired) electrons. The van der Waals surface area contributed by atoms with Crippen LogP contribution < -0.4 is 5.32 Å². The number of hydrogen-bond donors (Lipinski definition) is 1. The van der Waals surface area contributed by atoms with Crippen molar-refractivity contribution in [3.63, 3.8) is 0 Å². The van der Waals surface area contributed by atoms with Crippen LogP contribution in [-0.4, -0.2) is 25.7 Å². The summed E-state index contributed by atoms with van der Waals surface area (Å²) >= 11 is 0. The Morgan fingerprint density at radius 2 is 2.32 bits per heavy atom. The van der Waals surface area contributed by atoms with E-state index in [1.54, 1.807) is 12.1 Å². The average molecular weight is 265 g/mol. The first-order chi connectivity index (χ1) is 9.10. The first-order valence-corrected chi connectivity index (χ1v) is 6.06. The minimum absolute atomic E-state index is 0.0894. The number of carbonyl (C=O) groups excluding carboxylic acids is 1. The Hall–Kier alpha value is -1.88. The van der Waals surface area contributed by atoms with Crippen molar-refractivity contribution in [1.82, 2.24) is 5.32 Å². The van der Waals surface area contributed by atoms with Crippen LogP contribution in [0.4, 0.5) is 4.39 Å². The van der Waals surface area contributed by atoms with E-state index in [1.165, 1.54) is 7.11 Å². The average Bonchev–Trinajstić information content (AvgIpc) is 2.77. The van der Waals surface area contributed by atoms with E-state index in [0.717, 1.165) is 11.8 Å². The molecule has 0 bridgehead atoms. The maximum Gasteiger partial charge on any atom is 0.319 e. The number of hydrogen-bond acceptors (Lipinski definition) is 4. The van der Waals surface area contributed by atoms with Gasteiger partial charge in [-0.1, -0.05) is 6.07 Å². The third kappa shape index (κ3) is 3.32. The molecule has 2 aromatic rings. The van der Waals surface area contributed by atoms with E-state index >= 15 is 0 Å². The highest BCUT2D eigenvalue weighted by molar-refractivity contribution is 5.78.